The zero-order valence-electron chi connectivity index (χ0n) is 7.03. The molecule has 2 amide bonds. The SMILES string of the molecule is N#CN1CC(c2ccc(Br)s2)NC1=O. The molecule has 1 unspecified atom stereocenters. The predicted molar refractivity (Wildman–Crippen MR) is 55.6 cm³/mol. The van der Waals surface area contributed by atoms with Crippen molar-refractivity contribution in [3.63, 3.8) is 0 Å². The average molecular weight is 272 g/mol. The molecular weight excluding hydrogens is 266 g/mol. The molecule has 6 heteroatoms. The van der Waals surface area contributed by atoms with Gasteiger partial charge in [0.05, 0.1) is 16.4 Å². The van der Waals surface area contributed by atoms with E-state index >= 15 is 0 Å². The maximum absolute atomic E-state index is 11.2. The molecule has 1 aromatic heterocycles. The third kappa shape index (κ3) is 1.61. The van der Waals surface area contributed by atoms with Crippen molar-refractivity contribution in [3.05, 3.63) is 20.8 Å². The number of nitrogens with zero attached hydrogens (tertiary/aromatic N) is 2. The van der Waals surface area contributed by atoms with Gasteiger partial charge >= 0.3 is 6.03 Å². The van der Waals surface area contributed by atoms with E-state index < -0.39 is 0 Å². The monoisotopic (exact) mass is 271 g/mol. The molecule has 0 radical (unpaired) electrons. The molecule has 1 aliphatic heterocycles. The molecule has 1 aliphatic rings. The van der Waals surface area contributed by atoms with Gasteiger partial charge in [0.25, 0.3) is 0 Å². The lowest BCUT2D eigenvalue weighted by atomic mass is 10.2. The number of urea groups is 1. The summed E-state index contributed by atoms with van der Waals surface area (Å²) in [6.07, 6.45) is 1.83. The van der Waals surface area contributed by atoms with E-state index in [2.05, 4.69) is 21.2 Å². The van der Waals surface area contributed by atoms with Gasteiger partial charge in [-0.2, -0.15) is 5.26 Å². The van der Waals surface area contributed by atoms with Gasteiger partial charge < -0.3 is 5.32 Å². The zero-order chi connectivity index (χ0) is 10.1. The van der Waals surface area contributed by atoms with E-state index in [-0.39, 0.29) is 12.1 Å². The van der Waals surface area contributed by atoms with E-state index in [0.29, 0.717) is 6.54 Å². The topological polar surface area (TPSA) is 56.1 Å². The average Bonchev–Trinajstić information content (AvgIpc) is 2.71. The third-order valence-corrected chi connectivity index (χ3v) is 3.70. The van der Waals surface area contributed by atoms with Crippen molar-refractivity contribution in [2.45, 2.75) is 6.04 Å². The summed E-state index contributed by atoms with van der Waals surface area (Å²) in [4.78, 5) is 13.4. The Balaban J connectivity index is 2.17. The van der Waals surface area contributed by atoms with Crippen molar-refractivity contribution in [1.29, 1.82) is 5.26 Å². The van der Waals surface area contributed by atoms with Gasteiger partial charge in [-0.3, -0.25) is 0 Å². The van der Waals surface area contributed by atoms with Crippen LogP contribution in [0.2, 0.25) is 0 Å². The van der Waals surface area contributed by atoms with Crippen LogP contribution in [0.15, 0.2) is 15.9 Å². The molecule has 2 rings (SSSR count). The standard InChI is InChI=1S/C8H6BrN3OS/c9-7-2-1-6(14-7)5-3-12(4-10)8(13)11-5/h1-2,5H,3H2,(H,11,13). The Morgan fingerprint density at radius 3 is 3.00 bits per heavy atom. The molecule has 0 aromatic carbocycles. The van der Waals surface area contributed by atoms with Crippen molar-refractivity contribution in [2.75, 3.05) is 6.54 Å². The molecule has 1 aromatic rings. The van der Waals surface area contributed by atoms with Crippen LogP contribution in [0.5, 0.6) is 0 Å². The summed E-state index contributed by atoms with van der Waals surface area (Å²) < 4.78 is 1.03. The summed E-state index contributed by atoms with van der Waals surface area (Å²) in [6.45, 7) is 0.419. The Bertz CT molecular complexity index is 411. The fraction of sp³-hybridized carbons (Fsp3) is 0.250. The normalized spacial score (nSPS) is 20.7. The molecule has 0 aliphatic carbocycles. The molecule has 72 valence electrons. The fourth-order valence-corrected chi connectivity index (χ4v) is 2.77. The van der Waals surface area contributed by atoms with Crippen molar-refractivity contribution < 1.29 is 4.79 Å². The molecule has 1 atom stereocenters. The lowest BCUT2D eigenvalue weighted by molar-refractivity contribution is 0.232. The van der Waals surface area contributed by atoms with Crippen LogP contribution in [0.3, 0.4) is 0 Å². The van der Waals surface area contributed by atoms with Gasteiger partial charge in [-0.15, -0.1) is 11.3 Å². The van der Waals surface area contributed by atoms with Crippen LogP contribution < -0.4 is 5.32 Å². The Morgan fingerprint density at radius 1 is 1.71 bits per heavy atom. The van der Waals surface area contributed by atoms with Gasteiger partial charge in [0.15, 0.2) is 6.19 Å². The van der Waals surface area contributed by atoms with Crippen LogP contribution in [0.1, 0.15) is 10.9 Å². The first-order valence-electron chi connectivity index (χ1n) is 3.93. The van der Waals surface area contributed by atoms with Crippen LogP contribution >= 0.6 is 27.3 Å². The van der Waals surface area contributed by atoms with Crippen LogP contribution in [0.25, 0.3) is 0 Å². The lowest BCUT2D eigenvalue weighted by Crippen LogP contribution is -2.23. The van der Waals surface area contributed by atoms with Crippen molar-refractivity contribution in [1.82, 2.24) is 10.2 Å². The second-order valence-electron chi connectivity index (χ2n) is 2.85. The van der Waals surface area contributed by atoms with E-state index in [0.717, 1.165) is 13.6 Å². The maximum Gasteiger partial charge on any atom is 0.331 e. The molecule has 4 nitrogen and oxygen atoms in total. The highest BCUT2D eigenvalue weighted by Crippen LogP contribution is 2.29. The number of hydrogen-bond acceptors (Lipinski definition) is 3. The molecule has 2 heterocycles. The number of amides is 2. The third-order valence-electron chi connectivity index (χ3n) is 1.97. The number of halogens is 1. The van der Waals surface area contributed by atoms with E-state index in [1.807, 2.05) is 18.3 Å². The highest BCUT2D eigenvalue weighted by atomic mass is 79.9. The Labute approximate surface area is 93.3 Å². The molecule has 0 saturated carbocycles. The minimum absolute atomic E-state index is 0.0570. The van der Waals surface area contributed by atoms with Gasteiger partial charge in [0.2, 0.25) is 0 Å². The number of nitriles is 1. The van der Waals surface area contributed by atoms with Crippen LogP contribution in [-0.4, -0.2) is 17.5 Å². The number of hydrogen-bond donors (Lipinski definition) is 1. The summed E-state index contributed by atoms with van der Waals surface area (Å²) >= 11 is 4.92. The number of carbonyl (C=O) groups excluding carboxylic acids is 1. The van der Waals surface area contributed by atoms with E-state index in [4.69, 9.17) is 5.26 Å². The summed E-state index contributed by atoms with van der Waals surface area (Å²) in [5.41, 5.74) is 0. The van der Waals surface area contributed by atoms with Crippen molar-refractivity contribution >= 4 is 33.3 Å². The number of rotatable bonds is 1. The predicted octanol–water partition coefficient (Wildman–Crippen LogP) is 2.06. The quantitative estimate of drug-likeness (QED) is 0.795. The zero-order valence-corrected chi connectivity index (χ0v) is 9.43. The molecule has 1 saturated heterocycles. The highest BCUT2D eigenvalue weighted by molar-refractivity contribution is 9.11. The molecule has 1 N–H and O–H groups in total. The minimum Gasteiger partial charge on any atom is -0.328 e. The number of thiophene rings is 1. The lowest BCUT2D eigenvalue weighted by Gasteiger charge is -2.03. The largest absolute Gasteiger partial charge is 0.331 e. The Hall–Kier alpha value is -1.06. The van der Waals surface area contributed by atoms with Gasteiger partial charge in [0, 0.05) is 4.88 Å². The Kier molecular flexibility index (Phi) is 2.44. The van der Waals surface area contributed by atoms with E-state index in [1.54, 1.807) is 11.3 Å². The summed E-state index contributed by atoms with van der Waals surface area (Å²) in [5.74, 6) is 0. The summed E-state index contributed by atoms with van der Waals surface area (Å²) in [6, 6.07) is 3.50. The van der Waals surface area contributed by atoms with Gasteiger partial charge in [-0.1, -0.05) is 0 Å². The second kappa shape index (κ2) is 3.59. The summed E-state index contributed by atoms with van der Waals surface area (Å²) in [5, 5.41) is 11.4. The first-order valence-corrected chi connectivity index (χ1v) is 5.54. The van der Waals surface area contributed by atoms with E-state index in [9.17, 15) is 4.79 Å². The second-order valence-corrected chi connectivity index (χ2v) is 5.35. The molecule has 0 bridgehead atoms. The highest BCUT2D eigenvalue weighted by Gasteiger charge is 2.30. The van der Waals surface area contributed by atoms with Crippen molar-refractivity contribution in [2.24, 2.45) is 0 Å². The molecular formula is C8H6BrN3OS. The van der Waals surface area contributed by atoms with E-state index in [1.165, 1.54) is 0 Å². The van der Waals surface area contributed by atoms with Gasteiger partial charge in [0.1, 0.15) is 0 Å². The van der Waals surface area contributed by atoms with Crippen LogP contribution in [-0.2, 0) is 0 Å². The summed E-state index contributed by atoms with van der Waals surface area (Å²) in [7, 11) is 0. The molecule has 0 spiro atoms. The molecule has 1 fully saturated rings. The van der Waals surface area contributed by atoms with Crippen molar-refractivity contribution in [3.8, 4) is 6.19 Å². The fourth-order valence-electron chi connectivity index (χ4n) is 1.30. The number of nitrogens with one attached hydrogen (secondary N) is 1. The first kappa shape index (κ1) is 9.49. The van der Waals surface area contributed by atoms with Crippen LogP contribution in [0, 0.1) is 11.5 Å². The smallest absolute Gasteiger partial charge is 0.328 e. The molecule has 14 heavy (non-hydrogen) atoms. The van der Waals surface area contributed by atoms with Gasteiger partial charge in [-0.25, -0.2) is 9.69 Å². The van der Waals surface area contributed by atoms with Gasteiger partial charge in [-0.05, 0) is 28.1 Å². The maximum atomic E-state index is 11.2. The first-order chi connectivity index (χ1) is 6.70. The Morgan fingerprint density at radius 2 is 2.50 bits per heavy atom. The minimum atomic E-state index is -0.318. The van der Waals surface area contributed by atoms with Crippen LogP contribution in [0.4, 0.5) is 4.79 Å². The number of carbonyl (C=O) groups is 1.